The van der Waals surface area contributed by atoms with E-state index in [2.05, 4.69) is 0 Å². The van der Waals surface area contributed by atoms with Gasteiger partial charge in [-0.15, -0.1) is 0 Å². The molecular formula is C13H24N2O2. The Balaban J connectivity index is 1.85. The molecular weight excluding hydrogens is 216 g/mol. The lowest BCUT2D eigenvalue weighted by molar-refractivity contribution is -0.139. The van der Waals surface area contributed by atoms with Gasteiger partial charge in [-0.05, 0) is 38.5 Å². The molecule has 1 aliphatic carbocycles. The van der Waals surface area contributed by atoms with Gasteiger partial charge in [0.05, 0.1) is 0 Å². The molecule has 2 rings (SSSR count). The van der Waals surface area contributed by atoms with Gasteiger partial charge >= 0.3 is 0 Å². The molecule has 1 saturated carbocycles. The van der Waals surface area contributed by atoms with Crippen LogP contribution in [0.3, 0.4) is 0 Å². The molecule has 4 nitrogen and oxygen atoms in total. The number of ether oxygens (including phenoxy) is 1. The van der Waals surface area contributed by atoms with Crippen molar-refractivity contribution >= 4 is 5.91 Å². The molecule has 0 bridgehead atoms. The van der Waals surface area contributed by atoms with E-state index < -0.39 is 0 Å². The molecule has 1 amide bonds. The van der Waals surface area contributed by atoms with Gasteiger partial charge in [0.25, 0.3) is 0 Å². The first-order chi connectivity index (χ1) is 8.18. The Labute approximate surface area is 103 Å². The molecule has 0 aromatic heterocycles. The van der Waals surface area contributed by atoms with E-state index in [4.69, 9.17) is 10.5 Å². The van der Waals surface area contributed by atoms with Crippen LogP contribution in [0, 0.1) is 5.92 Å². The van der Waals surface area contributed by atoms with Crippen LogP contribution in [-0.4, -0.2) is 43.2 Å². The summed E-state index contributed by atoms with van der Waals surface area (Å²) in [5.41, 5.74) is 5.87. The van der Waals surface area contributed by atoms with E-state index in [1.54, 1.807) is 0 Å². The second kappa shape index (κ2) is 5.83. The van der Waals surface area contributed by atoms with Crippen LogP contribution in [0.15, 0.2) is 0 Å². The number of carbonyl (C=O) groups is 1. The maximum atomic E-state index is 12.3. The Kier molecular flexibility index (Phi) is 4.40. The zero-order valence-electron chi connectivity index (χ0n) is 10.7. The second-order valence-electron chi connectivity index (χ2n) is 5.40. The number of nitrogens with zero attached hydrogens (tertiary/aromatic N) is 1. The van der Waals surface area contributed by atoms with Gasteiger partial charge in [-0.2, -0.15) is 0 Å². The summed E-state index contributed by atoms with van der Waals surface area (Å²) >= 11 is 0. The minimum absolute atomic E-state index is 0.211. The summed E-state index contributed by atoms with van der Waals surface area (Å²) < 4.78 is 5.33. The van der Waals surface area contributed by atoms with E-state index in [1.165, 1.54) is 0 Å². The van der Waals surface area contributed by atoms with Gasteiger partial charge in [0, 0.05) is 38.3 Å². The second-order valence-corrected chi connectivity index (χ2v) is 5.40. The molecule has 2 fully saturated rings. The van der Waals surface area contributed by atoms with Gasteiger partial charge in [0.15, 0.2) is 0 Å². The molecule has 0 unspecified atom stereocenters. The lowest BCUT2D eigenvalue weighted by Crippen LogP contribution is -2.44. The molecule has 98 valence electrons. The molecule has 1 aliphatic heterocycles. The van der Waals surface area contributed by atoms with Crippen molar-refractivity contribution in [2.75, 3.05) is 20.3 Å². The maximum absolute atomic E-state index is 12.3. The van der Waals surface area contributed by atoms with Crippen molar-refractivity contribution in [1.29, 1.82) is 0 Å². The topological polar surface area (TPSA) is 55.6 Å². The smallest absolute Gasteiger partial charge is 0.225 e. The fourth-order valence-electron chi connectivity index (χ4n) is 2.91. The first-order valence-corrected chi connectivity index (χ1v) is 6.78. The molecule has 0 aromatic carbocycles. The Morgan fingerprint density at radius 3 is 2.29 bits per heavy atom. The molecule has 2 N–H and O–H groups in total. The van der Waals surface area contributed by atoms with Crippen LogP contribution in [0.4, 0.5) is 0 Å². The van der Waals surface area contributed by atoms with Gasteiger partial charge in [-0.3, -0.25) is 4.79 Å². The lowest BCUT2D eigenvalue weighted by atomic mass is 9.85. The largest absolute Gasteiger partial charge is 0.381 e. The summed E-state index contributed by atoms with van der Waals surface area (Å²) in [6.07, 6.45) is 5.89. The summed E-state index contributed by atoms with van der Waals surface area (Å²) in [6.45, 7) is 1.58. The van der Waals surface area contributed by atoms with Gasteiger partial charge < -0.3 is 15.4 Å². The van der Waals surface area contributed by atoms with Crippen molar-refractivity contribution in [1.82, 2.24) is 4.90 Å². The SMILES string of the molecule is CN(C(=O)C1CCC(N)CC1)C1CCOCC1. The summed E-state index contributed by atoms with van der Waals surface area (Å²) in [7, 11) is 1.95. The highest BCUT2D eigenvalue weighted by Gasteiger charge is 2.30. The highest BCUT2D eigenvalue weighted by Crippen LogP contribution is 2.26. The van der Waals surface area contributed by atoms with Gasteiger partial charge in [0.1, 0.15) is 0 Å². The summed E-state index contributed by atoms with van der Waals surface area (Å²) in [5, 5.41) is 0. The van der Waals surface area contributed by atoms with Gasteiger partial charge in [-0.1, -0.05) is 0 Å². The molecule has 0 aromatic rings. The van der Waals surface area contributed by atoms with E-state index in [-0.39, 0.29) is 5.92 Å². The van der Waals surface area contributed by atoms with E-state index in [0.717, 1.165) is 51.7 Å². The zero-order chi connectivity index (χ0) is 12.3. The molecule has 4 heteroatoms. The molecule has 1 heterocycles. The maximum Gasteiger partial charge on any atom is 0.225 e. The number of amides is 1. The summed E-state index contributed by atoms with van der Waals surface area (Å²) in [6, 6.07) is 0.694. The van der Waals surface area contributed by atoms with Crippen molar-refractivity contribution in [3.63, 3.8) is 0 Å². The normalized spacial score (nSPS) is 31.2. The van der Waals surface area contributed by atoms with Crippen LogP contribution in [0.1, 0.15) is 38.5 Å². The van der Waals surface area contributed by atoms with Crippen LogP contribution in [0.2, 0.25) is 0 Å². The predicted octanol–water partition coefficient (Wildman–Crippen LogP) is 1.14. The van der Waals surface area contributed by atoms with E-state index >= 15 is 0 Å². The minimum Gasteiger partial charge on any atom is -0.381 e. The molecule has 0 radical (unpaired) electrons. The molecule has 2 aliphatic rings. The number of hydrogen-bond donors (Lipinski definition) is 1. The molecule has 17 heavy (non-hydrogen) atoms. The highest BCUT2D eigenvalue weighted by molar-refractivity contribution is 5.79. The summed E-state index contributed by atoms with van der Waals surface area (Å²) in [4.78, 5) is 14.3. The number of hydrogen-bond acceptors (Lipinski definition) is 3. The first kappa shape index (κ1) is 12.8. The zero-order valence-corrected chi connectivity index (χ0v) is 10.7. The van der Waals surface area contributed by atoms with E-state index in [1.807, 2.05) is 11.9 Å². The van der Waals surface area contributed by atoms with Gasteiger partial charge in [-0.25, -0.2) is 0 Å². The third-order valence-corrected chi connectivity index (χ3v) is 4.21. The van der Waals surface area contributed by atoms with Crippen molar-refractivity contribution in [3.8, 4) is 0 Å². The van der Waals surface area contributed by atoms with E-state index in [0.29, 0.717) is 18.0 Å². The van der Waals surface area contributed by atoms with Crippen LogP contribution in [0.5, 0.6) is 0 Å². The van der Waals surface area contributed by atoms with Gasteiger partial charge in [0.2, 0.25) is 5.91 Å². The quantitative estimate of drug-likeness (QED) is 0.787. The minimum atomic E-state index is 0.211. The third-order valence-electron chi connectivity index (χ3n) is 4.21. The van der Waals surface area contributed by atoms with Crippen molar-refractivity contribution in [3.05, 3.63) is 0 Å². The fraction of sp³-hybridized carbons (Fsp3) is 0.923. The molecule has 0 spiro atoms. The average Bonchev–Trinajstić information content (AvgIpc) is 2.39. The van der Waals surface area contributed by atoms with Crippen LogP contribution < -0.4 is 5.73 Å². The number of carbonyl (C=O) groups excluding carboxylic acids is 1. The molecule has 1 saturated heterocycles. The van der Waals surface area contributed by atoms with Crippen molar-refractivity contribution in [2.24, 2.45) is 11.7 Å². The Bertz CT molecular complexity index is 256. The van der Waals surface area contributed by atoms with Crippen LogP contribution >= 0.6 is 0 Å². The van der Waals surface area contributed by atoms with Crippen LogP contribution in [0.25, 0.3) is 0 Å². The fourth-order valence-corrected chi connectivity index (χ4v) is 2.91. The molecule has 0 atom stereocenters. The summed E-state index contributed by atoms with van der Waals surface area (Å²) in [5.74, 6) is 0.534. The Hall–Kier alpha value is -0.610. The predicted molar refractivity (Wildman–Crippen MR) is 66.5 cm³/mol. The number of rotatable bonds is 2. The highest BCUT2D eigenvalue weighted by atomic mass is 16.5. The van der Waals surface area contributed by atoms with E-state index in [9.17, 15) is 4.79 Å². The first-order valence-electron chi connectivity index (χ1n) is 6.78. The van der Waals surface area contributed by atoms with Crippen LogP contribution in [-0.2, 0) is 9.53 Å². The third kappa shape index (κ3) is 3.19. The monoisotopic (exact) mass is 240 g/mol. The Morgan fingerprint density at radius 2 is 1.71 bits per heavy atom. The number of nitrogens with two attached hydrogens (primary N) is 1. The van der Waals surface area contributed by atoms with Crippen molar-refractivity contribution < 1.29 is 9.53 Å². The Morgan fingerprint density at radius 1 is 1.12 bits per heavy atom. The van der Waals surface area contributed by atoms with Crippen molar-refractivity contribution in [2.45, 2.75) is 50.6 Å². The average molecular weight is 240 g/mol. The standard InChI is InChI=1S/C13H24N2O2/c1-15(12-6-8-17-9-7-12)13(16)10-2-4-11(14)5-3-10/h10-12H,2-9,14H2,1H3. The lowest BCUT2D eigenvalue weighted by Gasteiger charge is -2.35.